The summed E-state index contributed by atoms with van der Waals surface area (Å²) in [5, 5.41) is 23.0. The number of carbonyl (C=O) groups is 1. The van der Waals surface area contributed by atoms with Gasteiger partial charge in [-0.15, -0.1) is 0 Å². The summed E-state index contributed by atoms with van der Waals surface area (Å²) in [5.74, 6) is -0.198. The van der Waals surface area contributed by atoms with Crippen LogP contribution in [-0.2, 0) is 9.53 Å². The number of aliphatic hydroxyl groups excluding tert-OH is 1. The van der Waals surface area contributed by atoms with E-state index in [9.17, 15) is 9.90 Å². The van der Waals surface area contributed by atoms with Gasteiger partial charge in [-0.05, 0) is 71.4 Å². The summed E-state index contributed by atoms with van der Waals surface area (Å²) in [6.45, 7) is 8.98. The third-order valence-electron chi connectivity index (χ3n) is 5.46. The number of hydrogen-bond acceptors (Lipinski definition) is 4. The van der Waals surface area contributed by atoms with E-state index in [0.29, 0.717) is 23.9 Å². The van der Waals surface area contributed by atoms with E-state index in [0.717, 1.165) is 19.3 Å². The molecule has 6 heteroatoms. The number of aliphatic carboxylic acids is 1. The first-order valence-corrected chi connectivity index (χ1v) is 12.4. The van der Waals surface area contributed by atoms with Crippen molar-refractivity contribution in [3.63, 3.8) is 0 Å². The highest BCUT2D eigenvalue weighted by Crippen LogP contribution is 2.32. The normalized spacial score (nSPS) is 19.6. The highest BCUT2D eigenvalue weighted by Gasteiger charge is 2.26. The Kier molecular flexibility index (Phi) is 14.8. The Hall–Kier alpha value is -1.92. The molecule has 0 heterocycles. The fourth-order valence-electron chi connectivity index (χ4n) is 3.71. The van der Waals surface area contributed by atoms with Crippen molar-refractivity contribution in [3.8, 4) is 0 Å². The van der Waals surface area contributed by atoms with Gasteiger partial charge in [0.1, 0.15) is 0 Å². The summed E-state index contributed by atoms with van der Waals surface area (Å²) in [5.41, 5.74) is 1.34. The van der Waals surface area contributed by atoms with Gasteiger partial charge < -0.3 is 20.3 Å². The smallest absolute Gasteiger partial charge is 0.303 e. The number of aliphatic hydroxyl groups is 1. The summed E-state index contributed by atoms with van der Waals surface area (Å²) >= 11 is 6.12. The molecule has 0 aromatic heterocycles. The average Bonchev–Trinajstić information content (AvgIpc) is 3.21. The van der Waals surface area contributed by atoms with Crippen LogP contribution < -0.4 is 5.32 Å². The number of β-amino-alcohol motifs (C(OH)–C–C–N with tert-alkyl or cyclic N) is 1. The van der Waals surface area contributed by atoms with Gasteiger partial charge in [0.05, 0.1) is 18.8 Å². The molecular formula is C28H42ClNO4. The second-order valence-corrected chi connectivity index (χ2v) is 9.84. The van der Waals surface area contributed by atoms with E-state index in [-0.39, 0.29) is 24.7 Å². The van der Waals surface area contributed by atoms with Crippen LogP contribution in [0.2, 0.25) is 0 Å². The lowest BCUT2D eigenvalue weighted by atomic mass is 9.88. The maximum absolute atomic E-state index is 10.5. The van der Waals surface area contributed by atoms with E-state index in [4.69, 9.17) is 21.4 Å². The summed E-state index contributed by atoms with van der Waals surface area (Å²) in [6.07, 6.45) is 22.5. The molecule has 1 aliphatic carbocycles. The number of carboxylic acids is 1. The Labute approximate surface area is 210 Å². The van der Waals surface area contributed by atoms with Crippen LogP contribution in [0.4, 0.5) is 0 Å². The zero-order valence-corrected chi connectivity index (χ0v) is 21.8. The molecular weight excluding hydrogens is 450 g/mol. The Morgan fingerprint density at radius 3 is 2.82 bits per heavy atom. The second-order valence-electron chi connectivity index (χ2n) is 9.40. The van der Waals surface area contributed by atoms with E-state index >= 15 is 0 Å². The van der Waals surface area contributed by atoms with Gasteiger partial charge in [-0.2, -0.15) is 0 Å². The van der Waals surface area contributed by atoms with Crippen molar-refractivity contribution in [2.45, 2.75) is 77.5 Å². The van der Waals surface area contributed by atoms with Crippen LogP contribution in [0.3, 0.4) is 0 Å². The lowest BCUT2D eigenvalue weighted by molar-refractivity contribution is -0.136. The summed E-state index contributed by atoms with van der Waals surface area (Å²) < 4.78 is 5.72. The Balaban J connectivity index is 2.29. The average molecular weight is 492 g/mol. The van der Waals surface area contributed by atoms with E-state index in [2.05, 4.69) is 43.5 Å². The van der Waals surface area contributed by atoms with Crippen molar-refractivity contribution in [2.24, 2.45) is 5.92 Å². The molecule has 5 nitrogen and oxygen atoms in total. The zero-order valence-electron chi connectivity index (χ0n) is 21.0. The molecule has 0 fully saturated rings. The van der Waals surface area contributed by atoms with Crippen LogP contribution in [0.1, 0.15) is 59.8 Å². The number of carboxylic acid groups (broad SMARTS) is 1. The third kappa shape index (κ3) is 15.1. The molecule has 3 unspecified atom stereocenters. The van der Waals surface area contributed by atoms with Crippen LogP contribution in [0, 0.1) is 5.92 Å². The van der Waals surface area contributed by atoms with Gasteiger partial charge in [-0.1, -0.05) is 65.8 Å². The maximum Gasteiger partial charge on any atom is 0.303 e. The summed E-state index contributed by atoms with van der Waals surface area (Å²) in [4.78, 5) is 10.5. The van der Waals surface area contributed by atoms with Gasteiger partial charge >= 0.3 is 5.97 Å². The SMILES string of the molecule is C/C=C\C=C/C1=CCC(CC(C)(C)NCC(O)COC(C)/C=C/C(Cl)=C\C=C\CCC(=O)O)C1. The number of halogens is 1. The minimum absolute atomic E-state index is 0.0657. The molecule has 0 saturated heterocycles. The van der Waals surface area contributed by atoms with Gasteiger partial charge in [0.15, 0.2) is 0 Å². The monoisotopic (exact) mass is 491 g/mol. The predicted molar refractivity (Wildman–Crippen MR) is 142 cm³/mol. The highest BCUT2D eigenvalue weighted by atomic mass is 35.5. The molecule has 0 aromatic rings. The zero-order chi connectivity index (χ0) is 25.4. The molecule has 3 atom stereocenters. The molecule has 1 rings (SSSR count). The Morgan fingerprint density at radius 1 is 1.35 bits per heavy atom. The molecule has 190 valence electrons. The molecule has 0 radical (unpaired) electrons. The van der Waals surface area contributed by atoms with Gasteiger partial charge in [-0.3, -0.25) is 4.79 Å². The second kappa shape index (κ2) is 16.7. The Bertz CT molecular complexity index is 792. The number of ether oxygens (including phenoxy) is 1. The highest BCUT2D eigenvalue weighted by molar-refractivity contribution is 6.31. The van der Waals surface area contributed by atoms with Crippen molar-refractivity contribution >= 4 is 17.6 Å². The van der Waals surface area contributed by atoms with Gasteiger partial charge in [-0.25, -0.2) is 0 Å². The van der Waals surface area contributed by atoms with Crippen molar-refractivity contribution in [1.29, 1.82) is 0 Å². The third-order valence-corrected chi connectivity index (χ3v) is 5.71. The minimum atomic E-state index is -0.819. The topological polar surface area (TPSA) is 78.8 Å². The van der Waals surface area contributed by atoms with Gasteiger partial charge in [0.25, 0.3) is 0 Å². The fourth-order valence-corrected chi connectivity index (χ4v) is 3.86. The van der Waals surface area contributed by atoms with E-state index in [1.165, 1.54) is 5.57 Å². The first kappa shape index (κ1) is 30.1. The van der Waals surface area contributed by atoms with E-state index in [1.807, 2.05) is 26.0 Å². The quantitative estimate of drug-likeness (QED) is 0.228. The van der Waals surface area contributed by atoms with Crippen molar-refractivity contribution in [3.05, 3.63) is 71.4 Å². The number of hydrogen-bond donors (Lipinski definition) is 3. The van der Waals surface area contributed by atoms with Crippen molar-refractivity contribution in [1.82, 2.24) is 5.32 Å². The van der Waals surface area contributed by atoms with Gasteiger partial charge in [0, 0.05) is 23.5 Å². The Morgan fingerprint density at radius 2 is 2.12 bits per heavy atom. The molecule has 3 N–H and O–H groups in total. The fraction of sp³-hybridized carbons (Fsp3) is 0.536. The first-order valence-electron chi connectivity index (χ1n) is 12.1. The lowest BCUT2D eigenvalue weighted by Crippen LogP contribution is -2.45. The van der Waals surface area contributed by atoms with E-state index < -0.39 is 12.1 Å². The minimum Gasteiger partial charge on any atom is -0.481 e. The van der Waals surface area contributed by atoms with Crippen molar-refractivity contribution < 1.29 is 19.7 Å². The van der Waals surface area contributed by atoms with Crippen LogP contribution in [-0.4, -0.2) is 47.1 Å². The molecule has 1 aliphatic rings. The van der Waals surface area contributed by atoms with Crippen LogP contribution in [0.5, 0.6) is 0 Å². The molecule has 0 aliphatic heterocycles. The van der Waals surface area contributed by atoms with Crippen molar-refractivity contribution in [2.75, 3.05) is 13.2 Å². The lowest BCUT2D eigenvalue weighted by Gasteiger charge is -2.30. The van der Waals surface area contributed by atoms with Crippen LogP contribution in [0.25, 0.3) is 0 Å². The molecule has 34 heavy (non-hydrogen) atoms. The number of allylic oxidation sites excluding steroid dienone is 11. The predicted octanol–water partition coefficient (Wildman–Crippen LogP) is 6.08. The first-order chi connectivity index (χ1) is 16.1. The molecule has 0 aromatic carbocycles. The standard InChI is InChI=1S/C28H42ClNO4/c1-5-6-8-11-23-15-16-24(18-23)19-28(3,4)30-20-26(31)21-34-22(2)14-17-25(29)12-9-7-10-13-27(32)33/h5-9,11-12,14-15,17,22,24,26,30-31H,10,13,16,18-21H2,1-4H3,(H,32,33)/b6-5-,9-7+,11-8-,17-14+,25-12+. The number of rotatable bonds is 16. The van der Waals surface area contributed by atoms with E-state index in [1.54, 1.807) is 24.3 Å². The molecule has 0 saturated carbocycles. The molecule has 0 bridgehead atoms. The van der Waals surface area contributed by atoms with Gasteiger partial charge in [0.2, 0.25) is 0 Å². The maximum atomic E-state index is 10.5. The van der Waals surface area contributed by atoms with Crippen LogP contribution in [0.15, 0.2) is 71.4 Å². The summed E-state index contributed by atoms with van der Waals surface area (Å²) in [6, 6.07) is 0. The number of nitrogens with one attached hydrogen (secondary N) is 1. The molecule has 0 spiro atoms. The summed E-state index contributed by atoms with van der Waals surface area (Å²) in [7, 11) is 0. The molecule has 0 amide bonds. The van der Waals surface area contributed by atoms with Crippen LogP contribution >= 0.6 is 11.6 Å². The largest absolute Gasteiger partial charge is 0.481 e.